The molecule has 0 aliphatic heterocycles. The fraction of sp³-hybridized carbons (Fsp3) is 0.450. The zero-order chi connectivity index (χ0) is 23.5. The molecule has 1 aliphatic rings. The van der Waals surface area contributed by atoms with E-state index in [0.29, 0.717) is 18.4 Å². The Morgan fingerprint density at radius 3 is 2.47 bits per heavy atom. The highest BCUT2D eigenvalue weighted by atomic mass is 35.5. The molecule has 0 radical (unpaired) electrons. The number of aromatic nitrogens is 2. The van der Waals surface area contributed by atoms with Crippen molar-refractivity contribution >= 4 is 29.1 Å². The first-order valence-corrected chi connectivity index (χ1v) is 10.4. The molecule has 0 unspecified atom stereocenters. The zero-order valence-electron chi connectivity index (χ0n) is 17.5. The number of benzene rings is 1. The van der Waals surface area contributed by atoms with Crippen LogP contribution in [0.15, 0.2) is 18.2 Å². The molecule has 174 valence electrons. The maximum atomic E-state index is 13.3. The van der Waals surface area contributed by atoms with E-state index in [1.165, 1.54) is 19.2 Å². The normalized spacial score (nSPS) is 14.9. The minimum Gasteiger partial charge on any atom is -0.320 e. The second kappa shape index (κ2) is 9.88. The summed E-state index contributed by atoms with van der Waals surface area (Å²) >= 11 is 6.05. The summed E-state index contributed by atoms with van der Waals surface area (Å²) in [6, 6.07) is 3.29. The summed E-state index contributed by atoms with van der Waals surface area (Å²) in [6.45, 7) is 1.61. The molecule has 0 saturated heterocycles. The minimum atomic E-state index is -4.69. The minimum absolute atomic E-state index is 0.00711. The van der Waals surface area contributed by atoms with Crippen LogP contribution in [0, 0.1) is 6.92 Å². The zero-order valence-corrected chi connectivity index (χ0v) is 18.2. The number of carbonyl (C=O) groups excluding carboxylic acids is 2. The third-order valence-corrected chi connectivity index (χ3v) is 5.45. The predicted molar refractivity (Wildman–Crippen MR) is 111 cm³/mol. The van der Waals surface area contributed by atoms with Crippen LogP contribution in [0.25, 0.3) is 0 Å². The lowest BCUT2D eigenvalue weighted by atomic mass is 9.95. The third kappa shape index (κ3) is 5.40. The van der Waals surface area contributed by atoms with Crippen LogP contribution in [0.2, 0.25) is 5.02 Å². The van der Waals surface area contributed by atoms with Crippen LogP contribution in [0.4, 0.5) is 18.9 Å². The Kier molecular flexibility index (Phi) is 7.42. The van der Waals surface area contributed by atoms with Crippen LogP contribution in [0.5, 0.6) is 0 Å². The van der Waals surface area contributed by atoms with E-state index in [1.54, 1.807) is 6.92 Å². The van der Waals surface area contributed by atoms with Gasteiger partial charge in [0.05, 0.1) is 24.4 Å². The number of hydrogen-bond acceptors (Lipinski definition) is 5. The van der Waals surface area contributed by atoms with Gasteiger partial charge in [0.15, 0.2) is 5.69 Å². The Morgan fingerprint density at radius 2 is 1.84 bits per heavy atom. The molecule has 0 atom stereocenters. The van der Waals surface area contributed by atoms with Gasteiger partial charge in [0, 0.05) is 11.1 Å². The van der Waals surface area contributed by atoms with Gasteiger partial charge < -0.3 is 5.32 Å². The molecule has 1 aromatic carbocycles. The fourth-order valence-electron chi connectivity index (χ4n) is 3.74. The highest BCUT2D eigenvalue weighted by Crippen LogP contribution is 2.34. The van der Waals surface area contributed by atoms with E-state index < -0.39 is 23.7 Å². The highest BCUT2D eigenvalue weighted by Gasteiger charge is 2.37. The number of aryl methyl sites for hydroxylation is 1. The van der Waals surface area contributed by atoms with Crippen molar-refractivity contribution in [3.63, 3.8) is 0 Å². The lowest BCUT2D eigenvalue weighted by Gasteiger charge is -2.24. The first-order chi connectivity index (χ1) is 15.1. The Balaban J connectivity index is 1.98. The molecule has 2 aromatic rings. The molecule has 2 amide bonds. The number of carbonyl (C=O) groups is 2. The number of amides is 2. The van der Waals surface area contributed by atoms with Gasteiger partial charge in [-0.25, -0.2) is 0 Å². The van der Waals surface area contributed by atoms with E-state index in [2.05, 4.69) is 26.3 Å². The van der Waals surface area contributed by atoms with Gasteiger partial charge in [0.1, 0.15) is 5.69 Å². The molecule has 3 N–H and O–H groups in total. The van der Waals surface area contributed by atoms with Gasteiger partial charge in [-0.15, -0.1) is 5.59 Å². The third-order valence-electron chi connectivity index (χ3n) is 5.23. The Morgan fingerprint density at radius 1 is 1.16 bits per heavy atom. The van der Waals surface area contributed by atoms with E-state index >= 15 is 0 Å². The molecule has 1 aromatic heterocycles. The predicted octanol–water partition coefficient (Wildman–Crippen LogP) is 4.42. The van der Waals surface area contributed by atoms with Crippen molar-refractivity contribution < 1.29 is 27.6 Å². The number of nitrogens with zero attached hydrogens (tertiary/aromatic N) is 2. The van der Waals surface area contributed by atoms with Crippen molar-refractivity contribution in [3.05, 3.63) is 45.7 Å². The summed E-state index contributed by atoms with van der Waals surface area (Å²) in [5.41, 5.74) is 3.64. The molecular formula is C20H23ClF3N5O3. The van der Waals surface area contributed by atoms with Gasteiger partial charge in [0.2, 0.25) is 0 Å². The van der Waals surface area contributed by atoms with Gasteiger partial charge in [-0.1, -0.05) is 30.9 Å². The monoisotopic (exact) mass is 473 g/mol. The van der Waals surface area contributed by atoms with Crippen molar-refractivity contribution in [1.82, 2.24) is 20.8 Å². The smallest absolute Gasteiger partial charge is 0.320 e. The fourth-order valence-corrected chi connectivity index (χ4v) is 4.01. The molecule has 0 bridgehead atoms. The standard InChI is InChI=1S/C20H23ClF3N5O3/c1-11-8-12(21)9-14(18(30)26-28-32-2)17(11)25-19(31)15-10-16(20(22,23)24)27-29(15)13-6-4-3-5-7-13/h8-10,13,28H,3-7H2,1-2H3,(H,25,31)(H,26,30). The van der Waals surface area contributed by atoms with E-state index in [1.807, 2.05) is 0 Å². The summed E-state index contributed by atoms with van der Waals surface area (Å²) in [5, 5.41) is 6.52. The topological polar surface area (TPSA) is 97.3 Å². The van der Waals surface area contributed by atoms with Gasteiger partial charge in [-0.3, -0.25) is 24.5 Å². The van der Waals surface area contributed by atoms with Crippen molar-refractivity contribution in [3.8, 4) is 0 Å². The number of hydrogen-bond donors (Lipinski definition) is 3. The number of halogens is 4. The van der Waals surface area contributed by atoms with Gasteiger partial charge in [0.25, 0.3) is 11.8 Å². The summed E-state index contributed by atoms with van der Waals surface area (Å²) in [6.07, 6.45) is -0.739. The van der Waals surface area contributed by atoms with Crippen molar-refractivity contribution in [2.45, 2.75) is 51.2 Å². The number of alkyl halides is 3. The highest BCUT2D eigenvalue weighted by molar-refractivity contribution is 6.31. The molecular weight excluding hydrogens is 451 g/mol. The van der Waals surface area contributed by atoms with Gasteiger partial charge in [-0.2, -0.15) is 18.3 Å². The van der Waals surface area contributed by atoms with Crippen LogP contribution in [-0.2, 0) is 11.0 Å². The number of anilines is 1. The van der Waals surface area contributed by atoms with Crippen LogP contribution in [0.3, 0.4) is 0 Å². The second-order valence-corrected chi connectivity index (χ2v) is 7.95. The molecule has 1 heterocycles. The van der Waals surface area contributed by atoms with Crippen LogP contribution in [-0.4, -0.2) is 28.7 Å². The van der Waals surface area contributed by atoms with Crippen molar-refractivity contribution in [2.75, 3.05) is 12.4 Å². The first kappa shape index (κ1) is 24.0. The Hall–Kier alpha value is -2.63. The van der Waals surface area contributed by atoms with Crippen LogP contribution in [0.1, 0.15) is 70.2 Å². The summed E-state index contributed by atoms with van der Waals surface area (Å²) in [5.74, 6) is -1.47. The molecule has 32 heavy (non-hydrogen) atoms. The maximum Gasteiger partial charge on any atom is 0.435 e. The number of nitrogens with one attached hydrogen (secondary N) is 3. The summed E-state index contributed by atoms with van der Waals surface area (Å²) in [4.78, 5) is 30.1. The maximum absolute atomic E-state index is 13.3. The Labute approximate surface area is 187 Å². The summed E-state index contributed by atoms with van der Waals surface area (Å²) in [7, 11) is 1.29. The quantitative estimate of drug-likeness (QED) is 0.540. The first-order valence-electron chi connectivity index (χ1n) is 9.98. The largest absolute Gasteiger partial charge is 0.435 e. The lowest BCUT2D eigenvalue weighted by molar-refractivity contribution is -0.141. The Bertz CT molecular complexity index is 1000. The van der Waals surface area contributed by atoms with E-state index in [0.717, 1.165) is 30.0 Å². The van der Waals surface area contributed by atoms with Crippen LogP contribution >= 0.6 is 11.6 Å². The average Bonchev–Trinajstić information content (AvgIpc) is 3.20. The molecule has 1 saturated carbocycles. The number of hydrazine groups is 1. The molecule has 1 aliphatic carbocycles. The SMILES string of the molecule is CONNC(=O)c1cc(Cl)cc(C)c1NC(=O)c1cc(C(F)(F)F)nn1C1CCCCC1. The number of rotatable bonds is 6. The second-order valence-electron chi connectivity index (χ2n) is 7.51. The van der Waals surface area contributed by atoms with Crippen molar-refractivity contribution in [1.29, 1.82) is 0 Å². The van der Waals surface area contributed by atoms with E-state index in [-0.39, 0.29) is 28.0 Å². The van der Waals surface area contributed by atoms with Gasteiger partial charge >= 0.3 is 6.18 Å². The van der Waals surface area contributed by atoms with Crippen LogP contribution < -0.4 is 16.3 Å². The molecule has 3 rings (SSSR count). The molecule has 8 nitrogen and oxygen atoms in total. The van der Waals surface area contributed by atoms with Gasteiger partial charge in [-0.05, 0) is 37.5 Å². The summed E-state index contributed by atoms with van der Waals surface area (Å²) < 4.78 is 41.2. The van der Waals surface area contributed by atoms with E-state index in [9.17, 15) is 22.8 Å². The lowest BCUT2D eigenvalue weighted by Crippen LogP contribution is -2.37. The molecule has 12 heteroatoms. The molecule has 0 spiro atoms. The molecule has 1 fully saturated rings. The average molecular weight is 474 g/mol. The van der Waals surface area contributed by atoms with Crippen molar-refractivity contribution in [2.24, 2.45) is 0 Å². The van der Waals surface area contributed by atoms with E-state index in [4.69, 9.17) is 11.6 Å².